The second-order valence-corrected chi connectivity index (χ2v) is 9.57. The summed E-state index contributed by atoms with van der Waals surface area (Å²) >= 11 is 0. The summed E-state index contributed by atoms with van der Waals surface area (Å²) in [6.07, 6.45) is -0.298. The second kappa shape index (κ2) is 11.7. The van der Waals surface area contributed by atoms with Crippen LogP contribution in [0.3, 0.4) is 0 Å². The number of benzene rings is 3. The van der Waals surface area contributed by atoms with Crippen LogP contribution in [0.25, 0.3) is 5.57 Å². The van der Waals surface area contributed by atoms with E-state index in [1.165, 1.54) is 11.8 Å². The number of imide groups is 1. The molecule has 0 radical (unpaired) electrons. The number of aliphatic hydroxyl groups excluding tert-OH is 1. The normalized spacial score (nSPS) is 19.1. The van der Waals surface area contributed by atoms with E-state index in [-0.39, 0.29) is 6.54 Å². The number of carbonyl (C=O) groups excluding carboxylic acids is 3. The SMILES string of the molecule is C[C@H](N)C(=O)N(C(=O)[C@@H](O)c1cc(F)cc(F)c1)[C@@H]1C(=O)N(C)CC(c2ccccc2)=C[C@H]1c1ccccc1. The number of rotatable bonds is 6. The predicted octanol–water partition coefficient (Wildman–Crippen LogP) is 3.41. The lowest BCUT2D eigenvalue weighted by Crippen LogP contribution is -2.58. The van der Waals surface area contributed by atoms with E-state index < -0.39 is 59.0 Å². The van der Waals surface area contributed by atoms with E-state index in [1.54, 1.807) is 37.4 Å². The summed E-state index contributed by atoms with van der Waals surface area (Å²) in [7, 11) is 1.55. The van der Waals surface area contributed by atoms with Crippen molar-refractivity contribution in [1.82, 2.24) is 9.80 Å². The molecule has 0 saturated heterocycles. The Kier molecular flexibility index (Phi) is 8.32. The highest BCUT2D eigenvalue weighted by Crippen LogP contribution is 2.35. The van der Waals surface area contributed by atoms with Crippen molar-refractivity contribution in [2.75, 3.05) is 13.6 Å². The van der Waals surface area contributed by atoms with Gasteiger partial charge in [-0.1, -0.05) is 66.7 Å². The van der Waals surface area contributed by atoms with E-state index in [2.05, 4.69) is 0 Å². The summed E-state index contributed by atoms with van der Waals surface area (Å²) in [6.45, 7) is 1.54. The standard InChI is InChI=1S/C30H29F2N3O4/c1-18(33)28(37)35(30(39)27(36)21-13-23(31)16-24(32)14-21)26-25(20-11-7-4-8-12-20)15-22(17-34(2)29(26)38)19-9-5-3-6-10-19/h3-16,18,25-27,36H,17,33H2,1-2H3/t18-,25-,26-,27-/m0/s1. The fourth-order valence-electron chi connectivity index (χ4n) is 4.75. The molecule has 0 spiro atoms. The van der Waals surface area contributed by atoms with Crippen molar-refractivity contribution in [3.63, 3.8) is 0 Å². The van der Waals surface area contributed by atoms with Crippen LogP contribution < -0.4 is 5.73 Å². The predicted molar refractivity (Wildman–Crippen MR) is 142 cm³/mol. The van der Waals surface area contributed by atoms with Crippen LogP contribution >= 0.6 is 0 Å². The van der Waals surface area contributed by atoms with Gasteiger partial charge in [-0.2, -0.15) is 0 Å². The molecular formula is C30H29F2N3O4. The summed E-state index contributed by atoms with van der Waals surface area (Å²) in [4.78, 5) is 43.2. The Hall–Kier alpha value is -4.21. The molecule has 4 rings (SSSR count). The van der Waals surface area contributed by atoms with Crippen molar-refractivity contribution in [2.45, 2.75) is 31.0 Å². The lowest BCUT2D eigenvalue weighted by atomic mass is 9.87. The van der Waals surface area contributed by atoms with E-state index in [9.17, 15) is 28.3 Å². The van der Waals surface area contributed by atoms with Gasteiger partial charge in [-0.15, -0.1) is 0 Å². The minimum atomic E-state index is -2.13. The number of nitrogens with zero attached hydrogens (tertiary/aromatic N) is 2. The molecule has 3 aromatic rings. The molecule has 0 bridgehead atoms. The Morgan fingerprint density at radius 1 is 0.974 bits per heavy atom. The largest absolute Gasteiger partial charge is 0.378 e. The van der Waals surface area contributed by atoms with Gasteiger partial charge in [-0.3, -0.25) is 19.3 Å². The van der Waals surface area contributed by atoms with Gasteiger partial charge < -0.3 is 15.7 Å². The molecule has 3 aromatic carbocycles. The molecule has 1 aliphatic rings. The van der Waals surface area contributed by atoms with Crippen LogP contribution in [0.4, 0.5) is 8.78 Å². The van der Waals surface area contributed by atoms with Crippen molar-refractivity contribution < 1.29 is 28.3 Å². The third-order valence-corrected chi connectivity index (χ3v) is 6.66. The molecule has 0 aliphatic carbocycles. The zero-order valence-electron chi connectivity index (χ0n) is 21.5. The van der Waals surface area contributed by atoms with Crippen molar-refractivity contribution in [1.29, 1.82) is 0 Å². The molecule has 202 valence electrons. The molecule has 3 amide bonds. The highest BCUT2D eigenvalue weighted by molar-refractivity contribution is 6.04. The van der Waals surface area contributed by atoms with Crippen molar-refractivity contribution in [2.24, 2.45) is 5.73 Å². The first kappa shape index (κ1) is 27.8. The van der Waals surface area contributed by atoms with Gasteiger partial charge in [0.1, 0.15) is 17.7 Å². The Balaban J connectivity index is 1.90. The quantitative estimate of drug-likeness (QED) is 0.506. The van der Waals surface area contributed by atoms with Crippen LogP contribution in [0, 0.1) is 11.6 Å². The number of hydrogen-bond acceptors (Lipinski definition) is 5. The van der Waals surface area contributed by atoms with Gasteiger partial charge >= 0.3 is 0 Å². The third kappa shape index (κ3) is 5.94. The molecule has 0 saturated carbocycles. The summed E-state index contributed by atoms with van der Waals surface area (Å²) in [5.41, 5.74) is 7.79. The fourth-order valence-corrected chi connectivity index (χ4v) is 4.75. The molecule has 0 unspecified atom stereocenters. The lowest BCUT2D eigenvalue weighted by Gasteiger charge is -2.36. The van der Waals surface area contributed by atoms with Crippen LogP contribution in [0.1, 0.15) is 35.6 Å². The fraction of sp³-hybridized carbons (Fsp3) is 0.233. The number of carbonyl (C=O) groups is 3. The number of aliphatic hydroxyl groups is 1. The highest BCUT2D eigenvalue weighted by Gasteiger charge is 2.45. The van der Waals surface area contributed by atoms with Crippen molar-refractivity contribution >= 4 is 23.3 Å². The van der Waals surface area contributed by atoms with E-state index >= 15 is 0 Å². The molecule has 4 atom stereocenters. The van der Waals surface area contributed by atoms with Gasteiger partial charge in [0.05, 0.1) is 6.04 Å². The first-order chi connectivity index (χ1) is 18.6. The average molecular weight is 534 g/mol. The zero-order chi connectivity index (χ0) is 28.3. The van der Waals surface area contributed by atoms with Crippen molar-refractivity contribution in [3.8, 4) is 0 Å². The second-order valence-electron chi connectivity index (χ2n) is 9.57. The van der Waals surface area contributed by atoms with E-state index in [0.29, 0.717) is 16.5 Å². The van der Waals surface area contributed by atoms with E-state index in [4.69, 9.17) is 5.73 Å². The number of amides is 3. The first-order valence-electron chi connectivity index (χ1n) is 12.4. The number of halogens is 2. The minimum absolute atomic E-state index is 0.189. The van der Waals surface area contributed by atoms with Crippen molar-refractivity contribution in [3.05, 3.63) is 113 Å². The highest BCUT2D eigenvalue weighted by atomic mass is 19.1. The molecule has 1 heterocycles. The molecule has 3 N–H and O–H groups in total. The summed E-state index contributed by atoms with van der Waals surface area (Å²) in [5, 5.41) is 10.9. The van der Waals surface area contributed by atoms with E-state index in [1.807, 2.05) is 36.4 Å². The lowest BCUT2D eigenvalue weighted by molar-refractivity contribution is -0.160. The zero-order valence-corrected chi connectivity index (χ0v) is 21.5. The van der Waals surface area contributed by atoms with Crippen LogP contribution in [0.5, 0.6) is 0 Å². The topological polar surface area (TPSA) is 104 Å². The van der Waals surface area contributed by atoms with Gasteiger partial charge in [0.15, 0.2) is 6.10 Å². The van der Waals surface area contributed by atoms with Crippen LogP contribution in [0.15, 0.2) is 84.9 Å². The molecule has 9 heteroatoms. The summed E-state index contributed by atoms with van der Waals surface area (Å²) in [5.74, 6) is -5.53. The third-order valence-electron chi connectivity index (χ3n) is 6.66. The Morgan fingerprint density at radius 2 is 1.54 bits per heavy atom. The Bertz CT molecular complexity index is 1380. The van der Waals surface area contributed by atoms with Gasteiger partial charge in [0.2, 0.25) is 11.8 Å². The van der Waals surface area contributed by atoms with Crippen LogP contribution in [0.2, 0.25) is 0 Å². The molecule has 7 nitrogen and oxygen atoms in total. The Morgan fingerprint density at radius 3 is 2.10 bits per heavy atom. The minimum Gasteiger partial charge on any atom is -0.378 e. The number of hydrogen-bond donors (Lipinski definition) is 2. The molecule has 1 aliphatic heterocycles. The van der Waals surface area contributed by atoms with E-state index in [0.717, 1.165) is 23.3 Å². The smallest absolute Gasteiger partial charge is 0.263 e. The average Bonchev–Trinajstić information content (AvgIpc) is 3.05. The van der Waals surface area contributed by atoms with Gasteiger partial charge in [0, 0.05) is 25.6 Å². The van der Waals surface area contributed by atoms with Crippen LogP contribution in [-0.4, -0.2) is 58.3 Å². The number of likely N-dealkylation sites (N-methyl/N-ethyl adjacent to an activating group) is 1. The van der Waals surface area contributed by atoms with Gasteiger partial charge in [-0.05, 0) is 41.3 Å². The summed E-state index contributed by atoms with van der Waals surface area (Å²) in [6, 6.07) is 17.8. The maximum atomic E-state index is 14.0. The maximum Gasteiger partial charge on any atom is 0.263 e. The molecular weight excluding hydrogens is 504 g/mol. The van der Waals surface area contributed by atoms with Gasteiger partial charge in [0.25, 0.3) is 5.91 Å². The maximum absolute atomic E-state index is 14.0. The summed E-state index contributed by atoms with van der Waals surface area (Å²) < 4.78 is 27.8. The first-order valence-corrected chi connectivity index (χ1v) is 12.4. The van der Waals surface area contributed by atoms with Gasteiger partial charge in [-0.25, -0.2) is 8.78 Å². The molecule has 0 aromatic heterocycles. The Labute approximate surface area is 225 Å². The molecule has 0 fully saturated rings. The molecule has 39 heavy (non-hydrogen) atoms. The van der Waals surface area contributed by atoms with Crippen LogP contribution in [-0.2, 0) is 14.4 Å². The monoisotopic (exact) mass is 533 g/mol. The number of nitrogens with two attached hydrogens (primary N) is 1.